The maximum atomic E-state index is 5.96. The van der Waals surface area contributed by atoms with Crippen molar-refractivity contribution in [2.24, 2.45) is 16.1 Å². The first kappa shape index (κ1) is 14.2. The van der Waals surface area contributed by atoms with E-state index in [-0.39, 0.29) is 11.0 Å². The van der Waals surface area contributed by atoms with Gasteiger partial charge in [-0.25, -0.2) is 0 Å². The predicted octanol–water partition coefficient (Wildman–Crippen LogP) is 3.52. The summed E-state index contributed by atoms with van der Waals surface area (Å²) in [4.78, 5) is 4.54. The Labute approximate surface area is 94.7 Å². The number of nitrogens with two attached hydrogens (primary N) is 1. The second-order valence-electron chi connectivity index (χ2n) is 6.38. The Hall–Kier alpha value is -0.790. The minimum absolute atomic E-state index is 0.0252. The highest BCUT2D eigenvalue weighted by Gasteiger charge is 2.12. The minimum atomic E-state index is -0.0252. The Morgan fingerprint density at radius 2 is 1.60 bits per heavy atom. The molecule has 0 aliphatic heterocycles. The van der Waals surface area contributed by atoms with Gasteiger partial charge in [0.05, 0.1) is 5.54 Å². The Morgan fingerprint density at radius 1 is 1.13 bits per heavy atom. The molecule has 15 heavy (non-hydrogen) atoms. The highest BCUT2D eigenvalue weighted by molar-refractivity contribution is 5.93. The van der Waals surface area contributed by atoms with E-state index in [0.717, 1.165) is 17.8 Å². The van der Waals surface area contributed by atoms with E-state index in [0.29, 0.717) is 0 Å². The smallest absolute Gasteiger partial charge is 0.0527 e. The van der Waals surface area contributed by atoms with Gasteiger partial charge in [0, 0.05) is 11.4 Å². The van der Waals surface area contributed by atoms with E-state index in [9.17, 15) is 0 Å². The average molecular weight is 210 g/mol. The molecule has 2 N–H and O–H groups in total. The standard InChI is InChI=1S/C13H26N2/c1-10(15-13(5,6)7)8-11(14)9-12(2,3)4/h8H,9,14H2,1-7H3/b11-8-,15-10?. The van der Waals surface area contributed by atoms with Gasteiger partial charge in [-0.3, -0.25) is 4.99 Å². The van der Waals surface area contributed by atoms with Crippen LogP contribution in [0.15, 0.2) is 16.8 Å². The van der Waals surface area contributed by atoms with E-state index in [2.05, 4.69) is 46.5 Å². The zero-order valence-corrected chi connectivity index (χ0v) is 11.3. The molecule has 0 fully saturated rings. The van der Waals surface area contributed by atoms with Gasteiger partial charge in [-0.2, -0.15) is 0 Å². The summed E-state index contributed by atoms with van der Waals surface area (Å²) in [7, 11) is 0. The zero-order chi connectivity index (χ0) is 12.3. The van der Waals surface area contributed by atoms with E-state index in [1.807, 2.05) is 13.0 Å². The van der Waals surface area contributed by atoms with Gasteiger partial charge in [0.1, 0.15) is 0 Å². The van der Waals surface area contributed by atoms with Gasteiger partial charge in [0.15, 0.2) is 0 Å². The molecule has 0 aliphatic carbocycles. The normalized spacial score (nSPS) is 15.7. The van der Waals surface area contributed by atoms with Crippen molar-refractivity contribution in [3.8, 4) is 0 Å². The highest BCUT2D eigenvalue weighted by Crippen LogP contribution is 2.21. The Morgan fingerprint density at radius 3 is 1.93 bits per heavy atom. The maximum absolute atomic E-state index is 5.96. The molecule has 0 atom stereocenters. The van der Waals surface area contributed by atoms with Gasteiger partial charge in [-0.15, -0.1) is 0 Å². The molecule has 0 spiro atoms. The second-order valence-corrected chi connectivity index (χ2v) is 6.38. The number of hydrogen-bond donors (Lipinski definition) is 1. The summed E-state index contributed by atoms with van der Waals surface area (Å²) in [5.41, 5.74) is 8.09. The van der Waals surface area contributed by atoms with Crippen molar-refractivity contribution >= 4 is 5.71 Å². The van der Waals surface area contributed by atoms with Crippen LogP contribution in [0.2, 0.25) is 0 Å². The Balaban J connectivity index is 4.57. The van der Waals surface area contributed by atoms with Crippen LogP contribution in [-0.4, -0.2) is 11.3 Å². The largest absolute Gasteiger partial charge is 0.402 e. The lowest BCUT2D eigenvalue weighted by atomic mass is 9.90. The number of aliphatic imine (C=N–C) groups is 1. The lowest BCUT2D eigenvalue weighted by Crippen LogP contribution is -2.14. The molecule has 0 heterocycles. The second kappa shape index (κ2) is 4.82. The van der Waals surface area contributed by atoms with Crippen molar-refractivity contribution in [3.63, 3.8) is 0 Å². The fourth-order valence-corrected chi connectivity index (χ4v) is 1.49. The van der Waals surface area contributed by atoms with Crippen LogP contribution in [0.1, 0.15) is 54.9 Å². The van der Waals surface area contributed by atoms with E-state index in [1.165, 1.54) is 0 Å². The summed E-state index contributed by atoms with van der Waals surface area (Å²) in [5, 5.41) is 0. The summed E-state index contributed by atoms with van der Waals surface area (Å²) < 4.78 is 0. The number of rotatable bonds is 2. The topological polar surface area (TPSA) is 38.4 Å². The summed E-state index contributed by atoms with van der Waals surface area (Å²) >= 11 is 0. The lowest BCUT2D eigenvalue weighted by Gasteiger charge is -2.18. The van der Waals surface area contributed by atoms with Crippen LogP contribution in [0.3, 0.4) is 0 Å². The molecule has 0 radical (unpaired) electrons. The Bertz CT molecular complexity index is 259. The fraction of sp³-hybridized carbons (Fsp3) is 0.769. The monoisotopic (exact) mass is 210 g/mol. The van der Waals surface area contributed by atoms with E-state index in [4.69, 9.17) is 5.73 Å². The van der Waals surface area contributed by atoms with Crippen molar-refractivity contribution in [3.05, 3.63) is 11.8 Å². The molecule has 0 rings (SSSR count). The lowest BCUT2D eigenvalue weighted by molar-refractivity contribution is 0.408. The molecule has 0 amide bonds. The predicted molar refractivity (Wildman–Crippen MR) is 69.2 cm³/mol. The van der Waals surface area contributed by atoms with E-state index >= 15 is 0 Å². The van der Waals surface area contributed by atoms with Crippen LogP contribution in [0.5, 0.6) is 0 Å². The molecule has 0 unspecified atom stereocenters. The molecule has 0 aliphatic rings. The van der Waals surface area contributed by atoms with Gasteiger partial charge in [-0.05, 0) is 45.6 Å². The van der Waals surface area contributed by atoms with Crippen molar-refractivity contribution in [1.29, 1.82) is 0 Å². The molecule has 2 nitrogen and oxygen atoms in total. The molecule has 88 valence electrons. The molecular weight excluding hydrogens is 184 g/mol. The summed E-state index contributed by atoms with van der Waals surface area (Å²) in [6, 6.07) is 0. The van der Waals surface area contributed by atoms with Gasteiger partial charge in [0.25, 0.3) is 0 Å². The molecule has 0 aromatic heterocycles. The molecule has 0 aromatic carbocycles. The summed E-state index contributed by atoms with van der Waals surface area (Å²) in [6.07, 6.45) is 2.89. The van der Waals surface area contributed by atoms with Crippen molar-refractivity contribution in [2.75, 3.05) is 0 Å². The molecule has 0 aromatic rings. The molecule has 0 saturated heterocycles. The first-order chi connectivity index (χ1) is 6.49. The fourth-order valence-electron chi connectivity index (χ4n) is 1.49. The van der Waals surface area contributed by atoms with Crippen LogP contribution in [0.4, 0.5) is 0 Å². The average Bonchev–Trinajstić information content (AvgIpc) is 1.73. The Kier molecular flexibility index (Phi) is 4.57. The quantitative estimate of drug-likeness (QED) is 0.696. The minimum Gasteiger partial charge on any atom is -0.402 e. The van der Waals surface area contributed by atoms with Crippen LogP contribution >= 0.6 is 0 Å². The van der Waals surface area contributed by atoms with Crippen molar-refractivity contribution in [1.82, 2.24) is 0 Å². The van der Waals surface area contributed by atoms with Crippen LogP contribution < -0.4 is 5.73 Å². The number of hydrogen-bond acceptors (Lipinski definition) is 2. The first-order valence-electron chi connectivity index (χ1n) is 5.52. The van der Waals surface area contributed by atoms with Gasteiger partial charge >= 0.3 is 0 Å². The third-order valence-electron chi connectivity index (χ3n) is 1.64. The third kappa shape index (κ3) is 9.51. The molecular formula is C13H26N2. The van der Waals surface area contributed by atoms with Gasteiger partial charge < -0.3 is 5.73 Å². The molecule has 0 saturated carbocycles. The highest BCUT2D eigenvalue weighted by atomic mass is 14.8. The van der Waals surface area contributed by atoms with Gasteiger partial charge in [0.2, 0.25) is 0 Å². The summed E-state index contributed by atoms with van der Waals surface area (Å²) in [6.45, 7) is 14.8. The number of nitrogens with zero attached hydrogens (tertiary/aromatic N) is 1. The first-order valence-corrected chi connectivity index (χ1v) is 5.52. The third-order valence-corrected chi connectivity index (χ3v) is 1.64. The maximum Gasteiger partial charge on any atom is 0.0527 e. The van der Waals surface area contributed by atoms with Crippen LogP contribution in [0.25, 0.3) is 0 Å². The van der Waals surface area contributed by atoms with Gasteiger partial charge in [-0.1, -0.05) is 20.8 Å². The number of allylic oxidation sites excluding steroid dienone is 2. The zero-order valence-electron chi connectivity index (χ0n) is 11.3. The van der Waals surface area contributed by atoms with Crippen molar-refractivity contribution < 1.29 is 0 Å². The SMILES string of the molecule is CC(/C=C(\N)CC(C)(C)C)=NC(C)(C)C. The van der Waals surface area contributed by atoms with Crippen molar-refractivity contribution in [2.45, 2.75) is 60.4 Å². The molecule has 2 heteroatoms. The van der Waals surface area contributed by atoms with Crippen LogP contribution in [-0.2, 0) is 0 Å². The van der Waals surface area contributed by atoms with E-state index < -0.39 is 0 Å². The summed E-state index contributed by atoms with van der Waals surface area (Å²) in [5.74, 6) is 0. The van der Waals surface area contributed by atoms with E-state index in [1.54, 1.807) is 0 Å². The van der Waals surface area contributed by atoms with Crippen LogP contribution in [0, 0.1) is 5.41 Å². The molecule has 0 bridgehead atoms.